The Kier molecular flexibility index (Phi) is 3.29. The van der Waals surface area contributed by atoms with E-state index in [0.717, 1.165) is 13.1 Å². The third-order valence-corrected chi connectivity index (χ3v) is 2.05. The molecular formula is C9H16N2O. The molecule has 0 aromatic carbocycles. The quantitative estimate of drug-likeness (QED) is 0.630. The molecule has 1 rings (SSSR count). The zero-order valence-electron chi connectivity index (χ0n) is 7.60. The summed E-state index contributed by atoms with van der Waals surface area (Å²) in [6, 6.07) is 0. The van der Waals surface area contributed by atoms with Crippen LogP contribution in [0.5, 0.6) is 0 Å². The van der Waals surface area contributed by atoms with E-state index < -0.39 is 0 Å². The smallest absolute Gasteiger partial charge is 0.247 e. The maximum absolute atomic E-state index is 11.1. The number of hydrogen-bond acceptors (Lipinski definition) is 2. The summed E-state index contributed by atoms with van der Waals surface area (Å²) in [7, 11) is 0. The van der Waals surface area contributed by atoms with E-state index in [1.807, 2.05) is 0 Å². The third kappa shape index (κ3) is 2.66. The number of nitrogens with zero attached hydrogens (tertiary/aromatic N) is 1. The Balaban J connectivity index is 2.16. The predicted octanol–water partition coefficient (Wildman–Crippen LogP) is 0.732. The fourth-order valence-electron chi connectivity index (χ4n) is 1.28. The first kappa shape index (κ1) is 9.26. The molecule has 3 nitrogen and oxygen atoms in total. The summed E-state index contributed by atoms with van der Waals surface area (Å²) < 4.78 is 0. The van der Waals surface area contributed by atoms with Crippen molar-refractivity contribution < 1.29 is 4.79 Å². The van der Waals surface area contributed by atoms with Crippen molar-refractivity contribution in [3.8, 4) is 0 Å². The van der Waals surface area contributed by atoms with E-state index in [1.165, 1.54) is 12.8 Å². The molecule has 1 fully saturated rings. The van der Waals surface area contributed by atoms with Gasteiger partial charge < -0.3 is 5.32 Å². The highest BCUT2D eigenvalue weighted by atomic mass is 16.1. The minimum absolute atomic E-state index is 0.0399. The molecule has 1 heterocycles. The molecule has 0 unspecified atom stereocenters. The van der Waals surface area contributed by atoms with Gasteiger partial charge in [0.15, 0.2) is 0 Å². The molecule has 68 valence electrons. The van der Waals surface area contributed by atoms with Crippen LogP contribution in [0.3, 0.4) is 0 Å². The Morgan fingerprint density at radius 2 is 2.08 bits per heavy atom. The fraction of sp³-hybridized carbons (Fsp3) is 0.667. The number of carbonyl (C=O) groups excluding carboxylic acids is 1. The van der Waals surface area contributed by atoms with Crippen molar-refractivity contribution in [2.75, 3.05) is 19.8 Å². The van der Waals surface area contributed by atoms with Crippen LogP contribution >= 0.6 is 0 Å². The molecule has 1 N–H and O–H groups in total. The Bertz CT molecular complexity index is 183. The first-order chi connectivity index (χ1) is 5.70. The van der Waals surface area contributed by atoms with Gasteiger partial charge in [0.1, 0.15) is 0 Å². The molecule has 1 saturated heterocycles. The van der Waals surface area contributed by atoms with E-state index in [2.05, 4.69) is 16.8 Å². The molecule has 12 heavy (non-hydrogen) atoms. The maximum Gasteiger partial charge on any atom is 0.247 e. The second-order valence-electron chi connectivity index (χ2n) is 3.27. The van der Waals surface area contributed by atoms with E-state index >= 15 is 0 Å². The predicted molar refractivity (Wildman–Crippen MR) is 48.6 cm³/mol. The molecule has 0 atom stereocenters. The van der Waals surface area contributed by atoms with Crippen LogP contribution in [0, 0.1) is 0 Å². The molecule has 0 spiro atoms. The largest absolute Gasteiger partial charge is 0.340 e. The van der Waals surface area contributed by atoms with Gasteiger partial charge in [-0.3, -0.25) is 9.69 Å². The van der Waals surface area contributed by atoms with Gasteiger partial charge in [0.2, 0.25) is 5.91 Å². The highest BCUT2D eigenvalue weighted by Gasteiger charge is 2.11. The van der Waals surface area contributed by atoms with Crippen LogP contribution in [0.2, 0.25) is 0 Å². The summed E-state index contributed by atoms with van der Waals surface area (Å²) in [5, 5.41) is 2.81. The van der Waals surface area contributed by atoms with Crippen LogP contribution in [0.25, 0.3) is 0 Å². The van der Waals surface area contributed by atoms with Crippen molar-refractivity contribution in [1.82, 2.24) is 10.2 Å². The first-order valence-electron chi connectivity index (χ1n) is 4.36. The van der Waals surface area contributed by atoms with Crippen LogP contribution in [0.15, 0.2) is 12.2 Å². The first-order valence-corrected chi connectivity index (χ1v) is 4.36. The number of likely N-dealkylation sites (tertiary alicyclic amines) is 1. The normalized spacial score (nSPS) is 17.8. The van der Waals surface area contributed by atoms with Crippen LogP contribution in [0.1, 0.15) is 19.8 Å². The lowest BCUT2D eigenvalue weighted by molar-refractivity contribution is -0.118. The minimum Gasteiger partial charge on any atom is -0.340 e. The van der Waals surface area contributed by atoms with Crippen molar-refractivity contribution in [3.63, 3.8) is 0 Å². The molecule has 0 aliphatic carbocycles. The van der Waals surface area contributed by atoms with Crippen LogP contribution in [-0.4, -0.2) is 30.6 Å². The van der Waals surface area contributed by atoms with Gasteiger partial charge in [-0.25, -0.2) is 0 Å². The van der Waals surface area contributed by atoms with Crippen LogP contribution < -0.4 is 5.32 Å². The van der Waals surface area contributed by atoms with Gasteiger partial charge in [-0.15, -0.1) is 0 Å². The lowest BCUT2D eigenvalue weighted by Crippen LogP contribution is -2.36. The highest BCUT2D eigenvalue weighted by Crippen LogP contribution is 2.04. The molecule has 0 aromatic heterocycles. The lowest BCUT2D eigenvalue weighted by atomic mass is 10.3. The maximum atomic E-state index is 11.1. The summed E-state index contributed by atoms with van der Waals surface area (Å²) in [6.45, 7) is 8.18. The molecule has 0 bridgehead atoms. The highest BCUT2D eigenvalue weighted by molar-refractivity contribution is 5.91. The molecule has 1 aliphatic rings. The van der Waals surface area contributed by atoms with Crippen molar-refractivity contribution >= 4 is 5.91 Å². The molecular weight excluding hydrogens is 152 g/mol. The second kappa shape index (κ2) is 4.26. The standard InChI is InChI=1S/C9H16N2O/c1-8(2)9(12)10-7-11-5-3-4-6-11/h1,3-7H2,2H3,(H,10,12). The van der Waals surface area contributed by atoms with Gasteiger partial charge in [-0.1, -0.05) is 6.58 Å². The minimum atomic E-state index is -0.0399. The van der Waals surface area contributed by atoms with Gasteiger partial charge in [0.25, 0.3) is 0 Å². The number of amides is 1. The van der Waals surface area contributed by atoms with Crippen molar-refractivity contribution in [1.29, 1.82) is 0 Å². The van der Waals surface area contributed by atoms with E-state index in [1.54, 1.807) is 6.92 Å². The number of hydrogen-bond donors (Lipinski definition) is 1. The van der Waals surface area contributed by atoms with E-state index in [4.69, 9.17) is 0 Å². The van der Waals surface area contributed by atoms with Gasteiger partial charge in [-0.2, -0.15) is 0 Å². The zero-order valence-corrected chi connectivity index (χ0v) is 7.60. The average molecular weight is 168 g/mol. The Morgan fingerprint density at radius 3 is 2.58 bits per heavy atom. The van der Waals surface area contributed by atoms with E-state index in [-0.39, 0.29) is 5.91 Å². The summed E-state index contributed by atoms with van der Waals surface area (Å²) in [5.41, 5.74) is 0.578. The zero-order chi connectivity index (χ0) is 8.97. The van der Waals surface area contributed by atoms with Crippen LogP contribution in [-0.2, 0) is 4.79 Å². The SMILES string of the molecule is C=C(C)C(=O)NCN1CCCC1. The second-order valence-corrected chi connectivity index (χ2v) is 3.27. The Morgan fingerprint density at radius 1 is 1.50 bits per heavy atom. The number of rotatable bonds is 3. The summed E-state index contributed by atoms with van der Waals surface area (Å²) in [4.78, 5) is 13.3. The summed E-state index contributed by atoms with van der Waals surface area (Å²) in [6.07, 6.45) is 2.51. The fourth-order valence-corrected chi connectivity index (χ4v) is 1.28. The van der Waals surface area contributed by atoms with Crippen molar-refractivity contribution in [2.24, 2.45) is 0 Å². The number of carbonyl (C=O) groups is 1. The molecule has 1 amide bonds. The topological polar surface area (TPSA) is 32.3 Å². The van der Waals surface area contributed by atoms with Gasteiger partial charge in [0.05, 0.1) is 6.67 Å². The molecule has 0 radical (unpaired) electrons. The summed E-state index contributed by atoms with van der Waals surface area (Å²) in [5.74, 6) is -0.0399. The van der Waals surface area contributed by atoms with Crippen molar-refractivity contribution in [3.05, 3.63) is 12.2 Å². The molecule has 3 heteroatoms. The molecule has 0 saturated carbocycles. The van der Waals surface area contributed by atoms with Gasteiger partial charge >= 0.3 is 0 Å². The Hall–Kier alpha value is -0.830. The number of nitrogens with one attached hydrogen (secondary N) is 1. The molecule has 0 aromatic rings. The molecule has 1 aliphatic heterocycles. The van der Waals surface area contributed by atoms with Crippen molar-refractivity contribution in [2.45, 2.75) is 19.8 Å². The monoisotopic (exact) mass is 168 g/mol. The van der Waals surface area contributed by atoms with Gasteiger partial charge in [0, 0.05) is 5.57 Å². The van der Waals surface area contributed by atoms with E-state index in [9.17, 15) is 4.79 Å². The third-order valence-electron chi connectivity index (χ3n) is 2.05. The lowest BCUT2D eigenvalue weighted by Gasteiger charge is -2.14. The van der Waals surface area contributed by atoms with Crippen LogP contribution in [0.4, 0.5) is 0 Å². The Labute approximate surface area is 73.4 Å². The summed E-state index contributed by atoms with van der Waals surface area (Å²) >= 11 is 0. The van der Waals surface area contributed by atoms with Gasteiger partial charge in [-0.05, 0) is 32.9 Å². The van der Waals surface area contributed by atoms with E-state index in [0.29, 0.717) is 12.2 Å². The average Bonchev–Trinajstić information content (AvgIpc) is 2.51.